The summed E-state index contributed by atoms with van der Waals surface area (Å²) in [6, 6.07) is 8.07. The predicted molar refractivity (Wildman–Crippen MR) is 104 cm³/mol. The third kappa shape index (κ3) is 4.09. The monoisotopic (exact) mass is 372 g/mol. The van der Waals surface area contributed by atoms with Gasteiger partial charge in [0.25, 0.3) is 0 Å². The zero-order valence-corrected chi connectivity index (χ0v) is 15.9. The van der Waals surface area contributed by atoms with Gasteiger partial charge in [0.1, 0.15) is 6.54 Å². The lowest BCUT2D eigenvalue weighted by atomic mass is 9.98. The van der Waals surface area contributed by atoms with Crippen LogP contribution in [0.2, 0.25) is 0 Å². The maximum atomic E-state index is 12.5. The van der Waals surface area contributed by atoms with Gasteiger partial charge in [-0.2, -0.15) is 0 Å². The van der Waals surface area contributed by atoms with E-state index in [1.807, 2.05) is 12.1 Å². The first-order valence-electron chi connectivity index (χ1n) is 9.90. The highest BCUT2D eigenvalue weighted by molar-refractivity contribution is 5.79. The van der Waals surface area contributed by atoms with Gasteiger partial charge in [0.05, 0.1) is 5.52 Å². The molecule has 1 aromatic heterocycles. The number of hydrogen-bond donors (Lipinski definition) is 1. The fourth-order valence-electron chi connectivity index (χ4n) is 4.35. The Balaban J connectivity index is 1.29. The van der Waals surface area contributed by atoms with Crippen LogP contribution in [0, 0.1) is 0 Å². The normalized spacial score (nSPS) is 20.9. The molecule has 0 atom stereocenters. The Bertz CT molecular complexity index is 842. The Morgan fingerprint density at radius 2 is 1.81 bits per heavy atom. The lowest BCUT2D eigenvalue weighted by molar-refractivity contribution is -0.122. The number of likely N-dealkylation sites (tertiary alicyclic amines) is 2. The van der Waals surface area contributed by atoms with Gasteiger partial charge in [0.2, 0.25) is 5.91 Å². The second kappa shape index (κ2) is 7.86. The number of carbonyl (C=O) groups excluding carboxylic acids is 1. The van der Waals surface area contributed by atoms with Gasteiger partial charge in [-0.05, 0) is 58.0 Å². The molecular formula is C20H28N4O3. The molecule has 0 bridgehead atoms. The summed E-state index contributed by atoms with van der Waals surface area (Å²) in [6.45, 7) is 4.43. The molecule has 2 aliphatic rings. The molecule has 0 spiro atoms. The number of oxazole rings is 1. The molecule has 0 aliphatic carbocycles. The predicted octanol–water partition coefficient (Wildman–Crippen LogP) is 1.27. The van der Waals surface area contributed by atoms with Crippen molar-refractivity contribution in [1.29, 1.82) is 0 Å². The van der Waals surface area contributed by atoms with E-state index >= 15 is 0 Å². The van der Waals surface area contributed by atoms with Crippen LogP contribution < -0.4 is 11.1 Å². The molecule has 146 valence electrons. The number of para-hydroxylation sites is 2. The lowest BCUT2D eigenvalue weighted by Crippen LogP contribution is -2.51. The molecule has 7 nitrogen and oxygen atoms in total. The van der Waals surface area contributed by atoms with Gasteiger partial charge < -0.3 is 19.5 Å². The van der Waals surface area contributed by atoms with Crippen LogP contribution in [-0.2, 0) is 11.3 Å². The van der Waals surface area contributed by atoms with Gasteiger partial charge in [-0.1, -0.05) is 12.1 Å². The molecule has 1 aromatic carbocycles. The topological polar surface area (TPSA) is 70.7 Å². The van der Waals surface area contributed by atoms with Crippen LogP contribution in [0.25, 0.3) is 11.1 Å². The number of nitrogens with zero attached hydrogens (tertiary/aromatic N) is 3. The van der Waals surface area contributed by atoms with Crippen LogP contribution in [0.4, 0.5) is 0 Å². The van der Waals surface area contributed by atoms with Crippen LogP contribution >= 0.6 is 0 Å². The van der Waals surface area contributed by atoms with Crippen LogP contribution in [0.3, 0.4) is 0 Å². The summed E-state index contributed by atoms with van der Waals surface area (Å²) >= 11 is 0. The molecule has 2 fully saturated rings. The molecule has 7 heteroatoms. The Kier molecular flexibility index (Phi) is 5.31. The highest BCUT2D eigenvalue weighted by Crippen LogP contribution is 2.20. The summed E-state index contributed by atoms with van der Waals surface area (Å²) in [5.41, 5.74) is 1.18. The molecule has 1 N–H and O–H groups in total. The largest absolute Gasteiger partial charge is 0.420 e. The van der Waals surface area contributed by atoms with Crippen molar-refractivity contribution in [3.05, 3.63) is 34.8 Å². The third-order valence-electron chi connectivity index (χ3n) is 5.97. The maximum absolute atomic E-state index is 12.5. The highest BCUT2D eigenvalue weighted by Gasteiger charge is 2.28. The summed E-state index contributed by atoms with van der Waals surface area (Å²) < 4.78 is 6.60. The van der Waals surface area contributed by atoms with Crippen LogP contribution in [0.15, 0.2) is 33.5 Å². The average molecular weight is 372 g/mol. The van der Waals surface area contributed by atoms with Crippen molar-refractivity contribution in [2.45, 2.75) is 44.3 Å². The number of nitrogens with one attached hydrogen (secondary N) is 1. The number of carbonyl (C=O) groups is 1. The Labute approximate surface area is 158 Å². The van der Waals surface area contributed by atoms with E-state index in [9.17, 15) is 9.59 Å². The lowest BCUT2D eigenvalue weighted by Gasteiger charge is -2.41. The summed E-state index contributed by atoms with van der Waals surface area (Å²) in [7, 11) is 2.19. The van der Waals surface area contributed by atoms with Crippen LogP contribution in [0.1, 0.15) is 25.7 Å². The minimum absolute atomic E-state index is 0.00498. The third-order valence-corrected chi connectivity index (χ3v) is 5.97. The summed E-state index contributed by atoms with van der Waals surface area (Å²) in [4.78, 5) is 29.5. The molecule has 2 saturated heterocycles. The summed E-state index contributed by atoms with van der Waals surface area (Å²) in [5, 5.41) is 3.10. The van der Waals surface area contributed by atoms with E-state index in [0.717, 1.165) is 25.9 Å². The van der Waals surface area contributed by atoms with Crippen molar-refractivity contribution in [2.75, 3.05) is 33.2 Å². The molecule has 4 rings (SSSR count). The minimum Gasteiger partial charge on any atom is -0.408 e. The smallest absolute Gasteiger partial charge is 0.408 e. The zero-order chi connectivity index (χ0) is 18.8. The number of hydrogen-bond acceptors (Lipinski definition) is 5. The van der Waals surface area contributed by atoms with Crippen molar-refractivity contribution in [3.8, 4) is 0 Å². The molecule has 2 aliphatic heterocycles. The standard InChI is InChI=1S/C20H28N4O3/c1-22-10-8-16(9-11-22)23-12-6-15(7-13-23)21-19(25)14-24-17-4-2-3-5-18(17)27-20(24)26/h2-5,15-16H,6-14H2,1H3,(H,21,25). The first-order chi connectivity index (χ1) is 13.1. The van der Waals surface area contributed by atoms with E-state index in [-0.39, 0.29) is 18.5 Å². The molecule has 1 amide bonds. The van der Waals surface area contributed by atoms with Gasteiger partial charge in [-0.3, -0.25) is 9.36 Å². The Hall–Kier alpha value is -2.12. The van der Waals surface area contributed by atoms with Gasteiger partial charge in [0, 0.05) is 25.2 Å². The molecule has 0 unspecified atom stereocenters. The molecule has 2 aromatic rings. The quantitative estimate of drug-likeness (QED) is 0.875. The number of aromatic nitrogens is 1. The molecule has 0 radical (unpaired) electrons. The van der Waals surface area contributed by atoms with Crippen molar-refractivity contribution < 1.29 is 9.21 Å². The van der Waals surface area contributed by atoms with Crippen molar-refractivity contribution in [1.82, 2.24) is 19.7 Å². The first kappa shape index (κ1) is 18.3. The summed E-state index contributed by atoms with van der Waals surface area (Å²) in [5.74, 6) is -0.607. The number of fused-ring (bicyclic) bond motifs is 1. The van der Waals surface area contributed by atoms with E-state index < -0.39 is 5.76 Å². The van der Waals surface area contributed by atoms with Crippen molar-refractivity contribution in [2.24, 2.45) is 0 Å². The second-order valence-corrected chi connectivity index (χ2v) is 7.83. The van der Waals surface area contributed by atoms with E-state index in [1.54, 1.807) is 12.1 Å². The number of rotatable bonds is 4. The molecule has 3 heterocycles. The SMILES string of the molecule is CN1CCC(N2CCC(NC(=O)Cn3c(=O)oc4ccccc43)CC2)CC1. The van der Waals surface area contributed by atoms with E-state index in [1.165, 1.54) is 30.5 Å². The Morgan fingerprint density at radius 1 is 1.11 bits per heavy atom. The van der Waals surface area contributed by atoms with Crippen LogP contribution in [0.5, 0.6) is 0 Å². The fraction of sp³-hybridized carbons (Fsp3) is 0.600. The fourth-order valence-corrected chi connectivity index (χ4v) is 4.35. The number of benzene rings is 1. The van der Waals surface area contributed by atoms with Crippen molar-refractivity contribution >= 4 is 17.0 Å². The van der Waals surface area contributed by atoms with E-state index in [4.69, 9.17) is 4.42 Å². The van der Waals surface area contributed by atoms with Gasteiger partial charge in [-0.25, -0.2) is 4.79 Å². The van der Waals surface area contributed by atoms with Crippen LogP contribution in [-0.4, -0.2) is 65.6 Å². The van der Waals surface area contributed by atoms with Gasteiger partial charge in [-0.15, -0.1) is 0 Å². The maximum Gasteiger partial charge on any atom is 0.420 e. The highest BCUT2D eigenvalue weighted by atomic mass is 16.4. The Morgan fingerprint density at radius 3 is 2.56 bits per heavy atom. The molecular weight excluding hydrogens is 344 g/mol. The second-order valence-electron chi connectivity index (χ2n) is 7.83. The molecule has 27 heavy (non-hydrogen) atoms. The number of piperidine rings is 2. The molecule has 0 saturated carbocycles. The van der Waals surface area contributed by atoms with E-state index in [0.29, 0.717) is 17.1 Å². The first-order valence-corrected chi connectivity index (χ1v) is 9.90. The summed E-state index contributed by atoms with van der Waals surface area (Å²) in [6.07, 6.45) is 4.42. The average Bonchev–Trinajstić information content (AvgIpc) is 2.98. The van der Waals surface area contributed by atoms with Gasteiger partial charge in [0.15, 0.2) is 5.58 Å². The van der Waals surface area contributed by atoms with E-state index in [2.05, 4.69) is 22.2 Å². The number of amides is 1. The van der Waals surface area contributed by atoms with Crippen molar-refractivity contribution in [3.63, 3.8) is 0 Å². The minimum atomic E-state index is -0.483. The zero-order valence-electron chi connectivity index (χ0n) is 15.9. The van der Waals surface area contributed by atoms with Gasteiger partial charge >= 0.3 is 5.76 Å².